The maximum Gasteiger partial charge on any atom is -0.0298 e. The molecule has 104 valence electrons. The average Bonchev–Trinajstić information content (AvgIpc) is 2.76. The second-order valence-electron chi connectivity index (χ2n) is 6.33. The van der Waals surface area contributed by atoms with Gasteiger partial charge in [-0.2, -0.15) is 0 Å². The van der Waals surface area contributed by atoms with Gasteiger partial charge in [0.25, 0.3) is 0 Å². The Morgan fingerprint density at radius 3 is 2.06 bits per heavy atom. The Hall–Kier alpha value is 0. The van der Waals surface area contributed by atoms with Crippen LogP contribution in [-0.4, -0.2) is 0 Å². The van der Waals surface area contributed by atoms with Crippen molar-refractivity contribution in [3.63, 3.8) is 0 Å². The highest BCUT2D eigenvalue weighted by atomic mass is 14.4. The Morgan fingerprint density at radius 1 is 1.12 bits per heavy atom. The topological polar surface area (TPSA) is 0 Å². The minimum absolute atomic E-state index is 0.579. The van der Waals surface area contributed by atoms with Crippen LogP contribution in [0.15, 0.2) is 0 Å². The van der Waals surface area contributed by atoms with E-state index in [1.807, 2.05) is 13.8 Å². The van der Waals surface area contributed by atoms with Crippen molar-refractivity contribution in [3.05, 3.63) is 0 Å². The highest BCUT2D eigenvalue weighted by molar-refractivity contribution is 4.88. The van der Waals surface area contributed by atoms with Gasteiger partial charge < -0.3 is 0 Å². The first-order valence-electron chi connectivity index (χ1n) is 8.02. The van der Waals surface area contributed by atoms with Crippen molar-refractivity contribution in [1.82, 2.24) is 0 Å². The fraction of sp³-hybridized carbons (Fsp3) is 1.00. The van der Waals surface area contributed by atoms with E-state index in [1.165, 1.54) is 38.5 Å². The summed E-state index contributed by atoms with van der Waals surface area (Å²) in [5.41, 5.74) is 0.579. The molecule has 0 aromatic carbocycles. The molecule has 1 fully saturated rings. The zero-order valence-corrected chi connectivity index (χ0v) is 13.5. The van der Waals surface area contributed by atoms with Crippen molar-refractivity contribution in [3.8, 4) is 0 Å². The lowest BCUT2D eigenvalue weighted by atomic mass is 9.66. The van der Waals surface area contributed by atoms with Gasteiger partial charge in [0.2, 0.25) is 0 Å². The lowest BCUT2D eigenvalue weighted by Crippen LogP contribution is -2.31. The SMILES string of the molecule is CC.CCCC(CC)C(C)(C)C1CCC(C)C1. The summed E-state index contributed by atoms with van der Waals surface area (Å²) in [6.45, 7) is 16.2. The molecule has 17 heavy (non-hydrogen) atoms. The summed E-state index contributed by atoms with van der Waals surface area (Å²) in [7, 11) is 0. The summed E-state index contributed by atoms with van der Waals surface area (Å²) in [6, 6.07) is 0. The van der Waals surface area contributed by atoms with Crippen molar-refractivity contribution in [2.75, 3.05) is 0 Å². The van der Waals surface area contributed by atoms with E-state index >= 15 is 0 Å². The number of hydrogen-bond donors (Lipinski definition) is 0. The number of hydrogen-bond acceptors (Lipinski definition) is 0. The molecule has 0 heterocycles. The third kappa shape index (κ3) is 4.64. The third-order valence-corrected chi connectivity index (χ3v) is 4.93. The van der Waals surface area contributed by atoms with Crippen molar-refractivity contribution >= 4 is 0 Å². The minimum atomic E-state index is 0.579. The summed E-state index contributed by atoms with van der Waals surface area (Å²) in [5, 5.41) is 0. The molecule has 0 spiro atoms. The van der Waals surface area contributed by atoms with Gasteiger partial charge in [-0.15, -0.1) is 0 Å². The van der Waals surface area contributed by atoms with Gasteiger partial charge in [0.05, 0.1) is 0 Å². The van der Waals surface area contributed by atoms with E-state index in [0.717, 1.165) is 17.8 Å². The van der Waals surface area contributed by atoms with Crippen LogP contribution in [0.1, 0.15) is 87.0 Å². The lowest BCUT2D eigenvalue weighted by Gasteiger charge is -2.39. The van der Waals surface area contributed by atoms with Crippen LogP contribution in [0.25, 0.3) is 0 Å². The van der Waals surface area contributed by atoms with Crippen LogP contribution in [0.3, 0.4) is 0 Å². The summed E-state index contributed by atoms with van der Waals surface area (Å²) in [6.07, 6.45) is 8.57. The van der Waals surface area contributed by atoms with Gasteiger partial charge in [-0.25, -0.2) is 0 Å². The summed E-state index contributed by atoms with van der Waals surface area (Å²) < 4.78 is 0. The smallest absolute Gasteiger partial charge is 0.0298 e. The van der Waals surface area contributed by atoms with Gasteiger partial charge in [-0.3, -0.25) is 0 Å². The molecule has 0 aliphatic heterocycles. The molecule has 0 N–H and O–H groups in total. The van der Waals surface area contributed by atoms with E-state index in [4.69, 9.17) is 0 Å². The molecule has 3 atom stereocenters. The van der Waals surface area contributed by atoms with Crippen molar-refractivity contribution in [2.45, 2.75) is 87.0 Å². The molecule has 1 aliphatic carbocycles. The molecule has 0 heteroatoms. The molecular formula is C17H36. The van der Waals surface area contributed by atoms with Crippen LogP contribution in [0.4, 0.5) is 0 Å². The summed E-state index contributed by atoms with van der Waals surface area (Å²) in [4.78, 5) is 0. The molecule has 0 aromatic rings. The van der Waals surface area contributed by atoms with Gasteiger partial charge in [-0.05, 0) is 36.0 Å². The Balaban J connectivity index is 0.00000121. The Kier molecular flexibility index (Phi) is 8.16. The Morgan fingerprint density at radius 2 is 1.71 bits per heavy atom. The van der Waals surface area contributed by atoms with E-state index in [1.54, 1.807) is 0 Å². The first kappa shape index (κ1) is 17.0. The van der Waals surface area contributed by atoms with Gasteiger partial charge in [0, 0.05) is 0 Å². The van der Waals surface area contributed by atoms with E-state index in [9.17, 15) is 0 Å². The van der Waals surface area contributed by atoms with Gasteiger partial charge >= 0.3 is 0 Å². The lowest BCUT2D eigenvalue weighted by molar-refractivity contribution is 0.103. The van der Waals surface area contributed by atoms with Gasteiger partial charge in [-0.1, -0.05) is 74.1 Å². The van der Waals surface area contributed by atoms with Crippen LogP contribution in [0.2, 0.25) is 0 Å². The molecule has 3 unspecified atom stereocenters. The van der Waals surface area contributed by atoms with Crippen molar-refractivity contribution in [2.24, 2.45) is 23.2 Å². The van der Waals surface area contributed by atoms with Gasteiger partial charge in [0.15, 0.2) is 0 Å². The number of rotatable bonds is 5. The summed E-state index contributed by atoms with van der Waals surface area (Å²) >= 11 is 0. The molecule has 1 saturated carbocycles. The van der Waals surface area contributed by atoms with Gasteiger partial charge in [0.1, 0.15) is 0 Å². The van der Waals surface area contributed by atoms with Crippen LogP contribution in [0.5, 0.6) is 0 Å². The fourth-order valence-corrected chi connectivity index (χ4v) is 3.67. The highest BCUT2D eigenvalue weighted by Gasteiger charge is 2.38. The maximum absolute atomic E-state index is 2.53. The first-order chi connectivity index (χ1) is 8.02. The highest BCUT2D eigenvalue weighted by Crippen LogP contribution is 2.48. The molecular weight excluding hydrogens is 204 g/mol. The van der Waals surface area contributed by atoms with Crippen LogP contribution >= 0.6 is 0 Å². The Bertz CT molecular complexity index is 174. The Labute approximate surface area is 111 Å². The third-order valence-electron chi connectivity index (χ3n) is 4.93. The second-order valence-corrected chi connectivity index (χ2v) is 6.33. The van der Waals surface area contributed by atoms with Crippen molar-refractivity contribution in [1.29, 1.82) is 0 Å². The van der Waals surface area contributed by atoms with Crippen LogP contribution in [-0.2, 0) is 0 Å². The van der Waals surface area contributed by atoms with E-state index < -0.39 is 0 Å². The predicted molar refractivity (Wildman–Crippen MR) is 80.3 cm³/mol. The van der Waals surface area contributed by atoms with Crippen molar-refractivity contribution < 1.29 is 0 Å². The van der Waals surface area contributed by atoms with Crippen LogP contribution < -0.4 is 0 Å². The molecule has 1 aliphatic rings. The molecule has 0 aromatic heterocycles. The molecule has 0 bridgehead atoms. The zero-order valence-electron chi connectivity index (χ0n) is 13.5. The quantitative estimate of drug-likeness (QED) is 0.529. The molecule has 0 saturated heterocycles. The monoisotopic (exact) mass is 240 g/mol. The van der Waals surface area contributed by atoms with E-state index in [0.29, 0.717) is 5.41 Å². The molecule has 0 amide bonds. The molecule has 0 nitrogen and oxygen atoms in total. The normalized spacial score (nSPS) is 26.3. The largest absolute Gasteiger partial charge is 0.0683 e. The van der Waals surface area contributed by atoms with E-state index in [-0.39, 0.29) is 0 Å². The average molecular weight is 240 g/mol. The maximum atomic E-state index is 2.53. The molecule has 1 rings (SSSR count). The fourth-order valence-electron chi connectivity index (χ4n) is 3.67. The first-order valence-corrected chi connectivity index (χ1v) is 8.02. The molecule has 0 radical (unpaired) electrons. The summed E-state index contributed by atoms with van der Waals surface area (Å²) in [5.74, 6) is 2.91. The standard InChI is InChI=1S/C15H30.C2H6/c1-6-8-13(7-2)15(4,5)14-10-9-12(3)11-14;1-2/h12-14H,6-11H2,1-5H3;1-2H3. The van der Waals surface area contributed by atoms with Crippen LogP contribution in [0, 0.1) is 23.2 Å². The van der Waals surface area contributed by atoms with E-state index in [2.05, 4.69) is 34.6 Å². The predicted octanol–water partition coefficient (Wildman–Crippen LogP) is 6.30. The second kappa shape index (κ2) is 8.16. The minimum Gasteiger partial charge on any atom is -0.0683 e. The zero-order chi connectivity index (χ0) is 13.5.